The van der Waals surface area contributed by atoms with Crippen molar-refractivity contribution in [2.45, 2.75) is 39.0 Å². The average Bonchev–Trinajstić information content (AvgIpc) is 3.37. The van der Waals surface area contributed by atoms with Crippen LogP contribution in [0.25, 0.3) is 17.0 Å². The molecule has 146 valence electrons. The first-order chi connectivity index (χ1) is 13.6. The van der Waals surface area contributed by atoms with Crippen LogP contribution in [0, 0.1) is 11.7 Å². The van der Waals surface area contributed by atoms with E-state index in [0.29, 0.717) is 5.78 Å². The van der Waals surface area contributed by atoms with Crippen molar-refractivity contribution in [2.24, 2.45) is 5.92 Å². The monoisotopic (exact) mass is 380 g/mol. The zero-order valence-corrected chi connectivity index (χ0v) is 16.3. The molecule has 1 saturated heterocycles. The first-order valence-corrected chi connectivity index (χ1v) is 9.99. The van der Waals surface area contributed by atoms with Gasteiger partial charge in [0.25, 0.3) is 0 Å². The summed E-state index contributed by atoms with van der Waals surface area (Å²) >= 11 is 0. The van der Waals surface area contributed by atoms with Crippen LogP contribution in [0.1, 0.15) is 44.7 Å². The minimum atomic E-state index is -0.262. The number of nitrogens with zero attached hydrogens (tertiary/aromatic N) is 4. The lowest BCUT2D eigenvalue weighted by Crippen LogP contribution is -2.34. The molecule has 2 aromatic heterocycles. The summed E-state index contributed by atoms with van der Waals surface area (Å²) in [4.78, 5) is 23.6. The van der Waals surface area contributed by atoms with E-state index < -0.39 is 0 Å². The molecule has 0 spiro atoms. The predicted molar refractivity (Wildman–Crippen MR) is 106 cm³/mol. The summed E-state index contributed by atoms with van der Waals surface area (Å²) < 4.78 is 15.4. The molecule has 1 atom stereocenters. The van der Waals surface area contributed by atoms with Gasteiger partial charge in [0.05, 0.1) is 11.9 Å². The number of rotatable bonds is 5. The van der Waals surface area contributed by atoms with Crippen LogP contribution < -0.4 is 0 Å². The predicted octanol–water partition coefficient (Wildman–Crippen LogP) is 4.29. The van der Waals surface area contributed by atoms with E-state index in [1.54, 1.807) is 24.5 Å². The molecule has 4 rings (SSSR count). The molecule has 3 heterocycles. The number of halogens is 1. The molecule has 28 heavy (non-hydrogen) atoms. The number of carbonyl (C=O) groups is 1. The number of carbonyl (C=O) groups excluding carboxylic acids is 1. The molecule has 1 fully saturated rings. The average molecular weight is 380 g/mol. The molecule has 0 aliphatic carbocycles. The molecule has 0 saturated carbocycles. The lowest BCUT2D eigenvalue weighted by Gasteiger charge is -2.22. The van der Waals surface area contributed by atoms with Gasteiger partial charge in [-0.05, 0) is 49.6 Å². The van der Waals surface area contributed by atoms with Crippen LogP contribution in [0.5, 0.6) is 0 Å². The third kappa shape index (κ3) is 3.28. The van der Waals surface area contributed by atoms with E-state index in [0.717, 1.165) is 49.3 Å². The van der Waals surface area contributed by atoms with Crippen molar-refractivity contribution in [3.63, 3.8) is 0 Å². The fourth-order valence-corrected chi connectivity index (χ4v) is 4.18. The van der Waals surface area contributed by atoms with Crippen molar-refractivity contribution >= 4 is 11.7 Å². The summed E-state index contributed by atoms with van der Waals surface area (Å²) in [5.74, 6) is 0.975. The molecule has 1 aromatic carbocycles. The molecular weight excluding hydrogens is 355 g/mol. The first kappa shape index (κ1) is 18.6. The van der Waals surface area contributed by atoms with Crippen molar-refractivity contribution in [1.82, 2.24) is 19.3 Å². The molecule has 0 radical (unpaired) electrons. The molecule has 0 unspecified atom stereocenters. The van der Waals surface area contributed by atoms with E-state index in [1.165, 1.54) is 12.1 Å². The zero-order valence-electron chi connectivity index (χ0n) is 16.3. The van der Waals surface area contributed by atoms with Gasteiger partial charge in [-0.25, -0.2) is 14.4 Å². The molecule has 1 amide bonds. The van der Waals surface area contributed by atoms with Gasteiger partial charge in [0.15, 0.2) is 0 Å². The summed E-state index contributed by atoms with van der Waals surface area (Å²) in [6.45, 7) is 5.65. The standard InChI is InChI=1S/C22H25FN4O/c1-3-15(4-2)21(28)26-12-10-17(14-26)19-9-11-24-22-25-13-20(27(19)22)16-5-7-18(23)8-6-16/h5-9,11,13,15,17H,3-4,10,12,14H2,1-2H3/t17-/m1/s1. The Morgan fingerprint density at radius 2 is 1.93 bits per heavy atom. The quantitative estimate of drug-likeness (QED) is 0.664. The second-order valence-corrected chi connectivity index (χ2v) is 7.44. The van der Waals surface area contributed by atoms with E-state index >= 15 is 0 Å². The lowest BCUT2D eigenvalue weighted by atomic mass is 10.0. The highest BCUT2D eigenvalue weighted by atomic mass is 19.1. The molecular formula is C22H25FN4O. The number of amides is 1. The van der Waals surface area contributed by atoms with Gasteiger partial charge in [0, 0.05) is 42.4 Å². The van der Waals surface area contributed by atoms with E-state index in [1.807, 2.05) is 15.4 Å². The molecule has 0 bridgehead atoms. The lowest BCUT2D eigenvalue weighted by molar-refractivity contribution is -0.134. The fraction of sp³-hybridized carbons (Fsp3) is 0.409. The van der Waals surface area contributed by atoms with Crippen LogP contribution in [0.4, 0.5) is 4.39 Å². The van der Waals surface area contributed by atoms with Crippen LogP contribution in [0.3, 0.4) is 0 Å². The zero-order chi connectivity index (χ0) is 19.7. The summed E-state index contributed by atoms with van der Waals surface area (Å²) in [5, 5.41) is 0. The van der Waals surface area contributed by atoms with Gasteiger partial charge in [-0.15, -0.1) is 0 Å². The summed E-state index contributed by atoms with van der Waals surface area (Å²) in [6, 6.07) is 8.44. The van der Waals surface area contributed by atoms with Gasteiger partial charge in [-0.3, -0.25) is 9.20 Å². The van der Waals surface area contributed by atoms with E-state index in [-0.39, 0.29) is 23.6 Å². The Morgan fingerprint density at radius 1 is 1.18 bits per heavy atom. The van der Waals surface area contributed by atoms with Crippen molar-refractivity contribution in [3.05, 3.63) is 54.2 Å². The Balaban J connectivity index is 1.67. The first-order valence-electron chi connectivity index (χ1n) is 9.99. The Bertz CT molecular complexity index is 978. The summed E-state index contributed by atoms with van der Waals surface area (Å²) in [6.07, 6.45) is 6.24. The summed E-state index contributed by atoms with van der Waals surface area (Å²) in [5.41, 5.74) is 2.88. The second kappa shape index (κ2) is 7.70. The van der Waals surface area contributed by atoms with Crippen LogP contribution in [0.2, 0.25) is 0 Å². The second-order valence-electron chi connectivity index (χ2n) is 7.44. The number of likely N-dealkylation sites (tertiary alicyclic amines) is 1. The third-order valence-corrected chi connectivity index (χ3v) is 5.83. The Hall–Kier alpha value is -2.76. The highest BCUT2D eigenvalue weighted by molar-refractivity contribution is 5.79. The Labute approximate surface area is 164 Å². The topological polar surface area (TPSA) is 50.5 Å². The number of fused-ring (bicyclic) bond motifs is 1. The fourth-order valence-electron chi connectivity index (χ4n) is 4.18. The van der Waals surface area contributed by atoms with Crippen LogP contribution in [-0.4, -0.2) is 38.3 Å². The number of hydrogen-bond donors (Lipinski definition) is 0. The highest BCUT2D eigenvalue weighted by Gasteiger charge is 2.31. The minimum Gasteiger partial charge on any atom is -0.342 e. The maximum atomic E-state index is 13.3. The summed E-state index contributed by atoms with van der Waals surface area (Å²) in [7, 11) is 0. The van der Waals surface area contributed by atoms with E-state index in [9.17, 15) is 9.18 Å². The molecule has 3 aromatic rings. The molecule has 1 aliphatic rings. The van der Waals surface area contributed by atoms with Gasteiger partial charge >= 0.3 is 0 Å². The number of benzene rings is 1. The Kier molecular flexibility index (Phi) is 5.11. The number of hydrogen-bond acceptors (Lipinski definition) is 3. The van der Waals surface area contributed by atoms with Gasteiger partial charge < -0.3 is 4.90 Å². The van der Waals surface area contributed by atoms with Crippen molar-refractivity contribution in [2.75, 3.05) is 13.1 Å². The number of aromatic nitrogens is 3. The van der Waals surface area contributed by atoms with Gasteiger partial charge in [0.2, 0.25) is 11.7 Å². The van der Waals surface area contributed by atoms with Gasteiger partial charge in [-0.2, -0.15) is 0 Å². The van der Waals surface area contributed by atoms with Gasteiger partial charge in [0.1, 0.15) is 5.82 Å². The van der Waals surface area contributed by atoms with E-state index in [2.05, 4.69) is 23.8 Å². The maximum Gasteiger partial charge on any atom is 0.234 e. The molecule has 6 heteroatoms. The maximum absolute atomic E-state index is 13.3. The molecule has 5 nitrogen and oxygen atoms in total. The SMILES string of the molecule is CCC(CC)C(=O)N1CC[C@@H](c2ccnc3ncc(-c4ccc(F)cc4)n23)C1. The number of imidazole rings is 1. The van der Waals surface area contributed by atoms with Crippen LogP contribution in [0.15, 0.2) is 42.7 Å². The van der Waals surface area contributed by atoms with Crippen LogP contribution in [-0.2, 0) is 4.79 Å². The van der Waals surface area contributed by atoms with Crippen molar-refractivity contribution < 1.29 is 9.18 Å². The molecule has 1 aliphatic heterocycles. The normalized spacial score (nSPS) is 17.0. The van der Waals surface area contributed by atoms with Crippen molar-refractivity contribution in [3.8, 4) is 11.3 Å². The Morgan fingerprint density at radius 3 is 2.64 bits per heavy atom. The smallest absolute Gasteiger partial charge is 0.234 e. The van der Waals surface area contributed by atoms with Gasteiger partial charge in [-0.1, -0.05) is 13.8 Å². The highest BCUT2D eigenvalue weighted by Crippen LogP contribution is 2.31. The van der Waals surface area contributed by atoms with Crippen molar-refractivity contribution in [1.29, 1.82) is 0 Å². The van der Waals surface area contributed by atoms with E-state index in [4.69, 9.17) is 0 Å². The minimum absolute atomic E-state index is 0.110. The van der Waals surface area contributed by atoms with Crippen LogP contribution >= 0.6 is 0 Å². The third-order valence-electron chi connectivity index (χ3n) is 5.83. The largest absolute Gasteiger partial charge is 0.342 e. The molecule has 0 N–H and O–H groups in total.